The Morgan fingerprint density at radius 3 is 2.19 bits per heavy atom. The van der Waals surface area contributed by atoms with Crippen LogP contribution in [0.2, 0.25) is 0 Å². The predicted molar refractivity (Wildman–Crippen MR) is 198 cm³/mol. The highest BCUT2D eigenvalue weighted by Crippen LogP contribution is 2.46. The topological polar surface area (TPSA) is 157 Å². The Hall–Kier alpha value is -5.98. The molecule has 4 heterocycles. The van der Waals surface area contributed by atoms with Crippen LogP contribution in [0.15, 0.2) is 113 Å². The summed E-state index contributed by atoms with van der Waals surface area (Å²) in [4.78, 5) is 57.3. The highest BCUT2D eigenvalue weighted by Gasteiger charge is 2.52. The summed E-state index contributed by atoms with van der Waals surface area (Å²) in [5.41, 5.74) is 1.43. The number of carbonyl (C=O) groups is 2. The van der Waals surface area contributed by atoms with Gasteiger partial charge in [0.1, 0.15) is 0 Å². The molecule has 52 heavy (non-hydrogen) atoms. The van der Waals surface area contributed by atoms with Crippen LogP contribution in [-0.4, -0.2) is 65.7 Å². The number of anilines is 1. The van der Waals surface area contributed by atoms with E-state index in [1.165, 1.54) is 14.3 Å². The van der Waals surface area contributed by atoms with E-state index in [4.69, 9.17) is 0 Å². The van der Waals surface area contributed by atoms with Gasteiger partial charge in [-0.3, -0.25) is 29.4 Å². The van der Waals surface area contributed by atoms with Crippen LogP contribution in [0.3, 0.4) is 0 Å². The number of fused-ring (bicyclic) bond motifs is 3. The number of nitrogens with one attached hydrogen (secondary N) is 2. The van der Waals surface area contributed by atoms with Crippen LogP contribution in [0.5, 0.6) is 0 Å². The number of carbonyl (C=O) groups excluding carboxylic acids is 2. The van der Waals surface area contributed by atoms with Gasteiger partial charge in [-0.15, -0.1) is 0 Å². The number of hydrogen-bond donors (Lipinski definition) is 4. The minimum absolute atomic E-state index is 0.0616. The first-order valence-corrected chi connectivity index (χ1v) is 17.4. The van der Waals surface area contributed by atoms with Gasteiger partial charge in [0.25, 0.3) is 17.0 Å². The van der Waals surface area contributed by atoms with Gasteiger partial charge in [-0.05, 0) is 73.0 Å². The first-order chi connectivity index (χ1) is 25.2. The second-order valence-corrected chi connectivity index (χ2v) is 13.6. The van der Waals surface area contributed by atoms with Gasteiger partial charge in [-0.1, -0.05) is 55.5 Å². The summed E-state index contributed by atoms with van der Waals surface area (Å²) in [7, 11) is 0. The third kappa shape index (κ3) is 5.38. The number of rotatable bonds is 9. The molecule has 0 aliphatic carbocycles. The van der Waals surface area contributed by atoms with Crippen molar-refractivity contribution in [3.63, 3.8) is 0 Å². The van der Waals surface area contributed by atoms with Crippen molar-refractivity contribution in [1.29, 1.82) is 0 Å². The van der Waals surface area contributed by atoms with Gasteiger partial charge in [0.2, 0.25) is 5.91 Å². The van der Waals surface area contributed by atoms with E-state index < -0.39 is 17.4 Å². The predicted octanol–water partition coefficient (Wildman–Crippen LogP) is 4.25. The van der Waals surface area contributed by atoms with Gasteiger partial charge in [0, 0.05) is 24.4 Å². The van der Waals surface area contributed by atoms with E-state index >= 15 is 0 Å². The molecule has 8 rings (SSSR count). The molecule has 1 fully saturated rings. The van der Waals surface area contributed by atoms with Crippen LogP contribution in [0.4, 0.5) is 5.69 Å². The van der Waals surface area contributed by atoms with E-state index in [0.29, 0.717) is 51.0 Å². The maximum absolute atomic E-state index is 14.5. The molecule has 0 radical (unpaired) electrons. The monoisotopic (exact) mass is 698 g/mol. The molecule has 2 amide bonds. The van der Waals surface area contributed by atoms with Crippen molar-refractivity contribution < 1.29 is 19.8 Å². The maximum Gasteiger partial charge on any atom is 0.279 e. The number of para-hydroxylation sites is 2. The lowest BCUT2D eigenvalue weighted by Crippen LogP contribution is -2.44. The Morgan fingerprint density at radius 2 is 1.54 bits per heavy atom. The van der Waals surface area contributed by atoms with E-state index in [0.717, 1.165) is 18.4 Å². The Balaban J connectivity index is 1.15. The minimum atomic E-state index is -2.03. The third-order valence-electron chi connectivity index (χ3n) is 10.5. The number of aliphatic hydroxyl groups is 2. The number of hydrogen-bond acceptors (Lipinski definition) is 6. The number of amides is 2. The van der Waals surface area contributed by atoms with Crippen molar-refractivity contribution in [2.75, 3.05) is 18.1 Å². The molecule has 1 saturated heterocycles. The summed E-state index contributed by atoms with van der Waals surface area (Å²) in [5, 5.41) is 29.5. The molecule has 12 nitrogen and oxygen atoms in total. The molecule has 6 aromatic rings. The summed E-state index contributed by atoms with van der Waals surface area (Å²) in [6, 6.07) is 26.6. The number of nitrogens with zero attached hydrogens (tertiary/aromatic N) is 4. The van der Waals surface area contributed by atoms with Crippen LogP contribution in [0.25, 0.3) is 33.2 Å². The second-order valence-electron chi connectivity index (χ2n) is 13.6. The van der Waals surface area contributed by atoms with E-state index in [1.807, 2.05) is 42.5 Å². The van der Waals surface area contributed by atoms with Gasteiger partial charge in [0.05, 0.1) is 58.1 Å². The Morgan fingerprint density at radius 1 is 0.885 bits per heavy atom. The molecule has 0 saturated carbocycles. The summed E-state index contributed by atoms with van der Waals surface area (Å²) >= 11 is 0. The molecule has 2 aliphatic rings. The summed E-state index contributed by atoms with van der Waals surface area (Å²) in [6.45, 7) is 2.32. The molecule has 3 atom stereocenters. The lowest BCUT2D eigenvalue weighted by Gasteiger charge is -2.28. The van der Waals surface area contributed by atoms with Crippen LogP contribution in [0.1, 0.15) is 37.3 Å². The quantitative estimate of drug-likeness (QED) is 0.166. The molecular formula is C40H38N6O6. The fourth-order valence-corrected chi connectivity index (χ4v) is 7.67. The van der Waals surface area contributed by atoms with E-state index in [2.05, 4.69) is 10.2 Å². The molecule has 0 spiro atoms. The number of aromatic nitrogens is 4. The zero-order valence-electron chi connectivity index (χ0n) is 28.5. The number of aliphatic hydroxyl groups excluding tert-OH is 1. The molecule has 4 aromatic carbocycles. The van der Waals surface area contributed by atoms with Gasteiger partial charge in [0.15, 0.2) is 5.60 Å². The molecule has 2 aliphatic heterocycles. The Labute approximate surface area is 297 Å². The van der Waals surface area contributed by atoms with Crippen molar-refractivity contribution in [1.82, 2.24) is 24.5 Å². The number of aromatic amines is 2. The largest absolute Gasteiger partial charge is 0.394 e. The number of benzene rings is 4. The number of likely N-dealkylation sites (tertiary alicyclic amines) is 1. The average molecular weight is 699 g/mol. The van der Waals surface area contributed by atoms with E-state index in [9.17, 15) is 29.4 Å². The van der Waals surface area contributed by atoms with Gasteiger partial charge in [-0.25, -0.2) is 9.36 Å². The normalized spacial score (nSPS) is 19.4. The molecular weight excluding hydrogens is 660 g/mol. The van der Waals surface area contributed by atoms with Crippen LogP contribution in [-0.2, 0) is 21.7 Å². The Bertz CT molecular complexity index is 2510. The maximum atomic E-state index is 14.5. The SMILES string of the molecule is C[C@H](/C=C/CC(=O)N1CCC[C@H]1CO)[C@@]1(O)C(=O)N(Cc2cccc(-n3[nH]c4ccccc4c3=O)c2)c2ccc(-n3[nH]c4ccccc4c3=O)cc21. The zero-order chi connectivity index (χ0) is 36.1. The summed E-state index contributed by atoms with van der Waals surface area (Å²) < 4.78 is 2.86. The molecule has 264 valence electrons. The standard InChI is InChI=1S/C40H38N6O6/c1-25(9-6-17-36(48)43-20-8-12-29(43)24-47)40(52)32-22-28(46-38(50)31-14-3-5-16-34(31)42-46)18-19-35(32)44(39(40)51)23-26-10-7-11-27(21-26)45-37(49)30-13-2-4-15-33(30)41-45/h2-7,9-11,13-16,18-19,21-22,25,29,41-42,47,52H,8,12,17,20,23-24H2,1H3/b9-6+/t25-,29+,40+/m1/s1. The van der Waals surface area contributed by atoms with Crippen LogP contribution < -0.4 is 16.0 Å². The van der Waals surface area contributed by atoms with Crippen molar-refractivity contribution in [2.24, 2.45) is 5.92 Å². The fourth-order valence-electron chi connectivity index (χ4n) is 7.67. The minimum Gasteiger partial charge on any atom is -0.394 e. The molecule has 12 heteroatoms. The van der Waals surface area contributed by atoms with E-state index in [1.54, 1.807) is 72.5 Å². The lowest BCUT2D eigenvalue weighted by molar-refractivity contribution is -0.139. The fraction of sp³-hybridized carbons (Fsp3) is 0.250. The molecule has 4 N–H and O–H groups in total. The molecule has 0 bridgehead atoms. The Kier molecular flexibility index (Phi) is 8.27. The van der Waals surface area contributed by atoms with Crippen molar-refractivity contribution in [2.45, 2.75) is 44.4 Å². The van der Waals surface area contributed by atoms with Gasteiger partial charge < -0.3 is 20.0 Å². The lowest BCUT2D eigenvalue weighted by atomic mass is 9.82. The van der Waals surface area contributed by atoms with Crippen LogP contribution in [0, 0.1) is 5.92 Å². The highest BCUT2D eigenvalue weighted by atomic mass is 16.3. The summed E-state index contributed by atoms with van der Waals surface area (Å²) in [5.74, 6) is -1.45. The highest BCUT2D eigenvalue weighted by molar-refractivity contribution is 6.07. The molecule has 0 unspecified atom stereocenters. The van der Waals surface area contributed by atoms with Crippen molar-refractivity contribution >= 4 is 39.3 Å². The third-order valence-corrected chi connectivity index (χ3v) is 10.5. The second kappa shape index (κ2) is 13.0. The first-order valence-electron chi connectivity index (χ1n) is 17.4. The van der Waals surface area contributed by atoms with Crippen molar-refractivity contribution in [3.05, 3.63) is 135 Å². The molecule has 2 aromatic heterocycles. The first kappa shape index (κ1) is 33.2. The number of H-pyrrole nitrogens is 2. The zero-order valence-corrected chi connectivity index (χ0v) is 28.5. The van der Waals surface area contributed by atoms with E-state index in [-0.39, 0.29) is 42.6 Å². The van der Waals surface area contributed by atoms with Gasteiger partial charge in [-0.2, -0.15) is 0 Å². The van der Waals surface area contributed by atoms with Gasteiger partial charge >= 0.3 is 0 Å². The average Bonchev–Trinajstić information content (AvgIpc) is 3.92. The summed E-state index contributed by atoms with van der Waals surface area (Å²) in [6.07, 6.45) is 5.00. The smallest absolute Gasteiger partial charge is 0.279 e. The van der Waals surface area contributed by atoms with Crippen molar-refractivity contribution in [3.8, 4) is 11.4 Å². The van der Waals surface area contributed by atoms with Crippen LogP contribution >= 0.6 is 0 Å².